The van der Waals surface area contributed by atoms with Crippen molar-refractivity contribution in [2.75, 3.05) is 24.6 Å². The third-order valence-electron chi connectivity index (χ3n) is 2.36. The fourth-order valence-corrected chi connectivity index (χ4v) is 4.00. The minimum atomic E-state index is -3.51. The molecule has 0 aromatic carbocycles. The second-order valence-electron chi connectivity index (χ2n) is 3.40. The van der Waals surface area contributed by atoms with Crippen LogP contribution in [0.15, 0.2) is 21.6 Å². The van der Waals surface area contributed by atoms with Gasteiger partial charge in [0.2, 0.25) is 5.09 Å². The number of nitrogens with zero attached hydrogens (tertiary/aromatic N) is 1. The highest BCUT2D eigenvalue weighted by molar-refractivity contribution is 7.99. The van der Waals surface area contributed by atoms with Crippen molar-refractivity contribution in [2.24, 2.45) is 0 Å². The molecule has 1 saturated heterocycles. The van der Waals surface area contributed by atoms with E-state index < -0.39 is 10.0 Å². The standard InChI is InChI=1S/C9H13NO4S2/c11-7-8-1-2-9(14-8)16(12,13)10-3-5-15-6-4-10/h1-2,11H,3-7H2. The highest BCUT2D eigenvalue weighted by Gasteiger charge is 2.28. The van der Waals surface area contributed by atoms with Gasteiger partial charge in [0.05, 0.1) is 0 Å². The average Bonchev–Trinajstić information content (AvgIpc) is 2.79. The average molecular weight is 263 g/mol. The monoisotopic (exact) mass is 263 g/mol. The number of hydrogen-bond donors (Lipinski definition) is 1. The Labute approximate surface area is 98.5 Å². The molecule has 5 nitrogen and oxygen atoms in total. The predicted octanol–water partition coefficient (Wildman–Crippen LogP) is 0.509. The Balaban J connectivity index is 2.23. The van der Waals surface area contributed by atoms with Crippen molar-refractivity contribution in [3.8, 4) is 0 Å². The Morgan fingerprint density at radius 2 is 2.06 bits per heavy atom. The molecule has 1 aromatic rings. The first-order valence-electron chi connectivity index (χ1n) is 4.92. The zero-order valence-corrected chi connectivity index (χ0v) is 10.3. The Morgan fingerprint density at radius 3 is 2.62 bits per heavy atom. The maximum Gasteiger partial charge on any atom is 0.276 e. The van der Waals surface area contributed by atoms with Crippen LogP contribution in [0.2, 0.25) is 0 Å². The molecule has 1 aromatic heterocycles. The van der Waals surface area contributed by atoms with Gasteiger partial charge in [-0.25, -0.2) is 8.42 Å². The molecule has 0 spiro atoms. The lowest BCUT2D eigenvalue weighted by Gasteiger charge is -2.24. The van der Waals surface area contributed by atoms with Crippen LogP contribution in [0.3, 0.4) is 0 Å². The molecule has 0 aliphatic carbocycles. The molecular weight excluding hydrogens is 250 g/mol. The largest absolute Gasteiger partial charge is 0.446 e. The highest BCUT2D eigenvalue weighted by atomic mass is 32.2. The lowest BCUT2D eigenvalue weighted by molar-refractivity contribution is 0.235. The maximum atomic E-state index is 12.1. The van der Waals surface area contributed by atoms with Gasteiger partial charge in [-0.3, -0.25) is 0 Å². The Bertz CT molecular complexity index is 448. The van der Waals surface area contributed by atoms with E-state index >= 15 is 0 Å². The third-order valence-corrected chi connectivity index (χ3v) is 5.07. The first-order valence-corrected chi connectivity index (χ1v) is 7.51. The first-order chi connectivity index (χ1) is 7.64. The van der Waals surface area contributed by atoms with E-state index in [4.69, 9.17) is 9.52 Å². The van der Waals surface area contributed by atoms with Gasteiger partial charge >= 0.3 is 0 Å². The van der Waals surface area contributed by atoms with E-state index in [-0.39, 0.29) is 17.5 Å². The van der Waals surface area contributed by atoms with Gasteiger partial charge in [-0.15, -0.1) is 0 Å². The van der Waals surface area contributed by atoms with Crippen LogP contribution in [-0.2, 0) is 16.6 Å². The minimum Gasteiger partial charge on any atom is -0.446 e. The maximum absolute atomic E-state index is 12.1. The molecule has 16 heavy (non-hydrogen) atoms. The molecular formula is C9H13NO4S2. The lowest BCUT2D eigenvalue weighted by Crippen LogP contribution is -2.37. The molecule has 0 saturated carbocycles. The summed E-state index contributed by atoms with van der Waals surface area (Å²) in [5.74, 6) is 1.89. The van der Waals surface area contributed by atoms with Gasteiger partial charge in [0.15, 0.2) is 0 Å². The minimum absolute atomic E-state index is 0.0801. The van der Waals surface area contributed by atoms with Crippen LogP contribution in [0.1, 0.15) is 5.76 Å². The van der Waals surface area contributed by atoms with Gasteiger partial charge in [0.25, 0.3) is 10.0 Å². The summed E-state index contributed by atoms with van der Waals surface area (Å²) in [6.45, 7) is 0.746. The predicted molar refractivity (Wildman–Crippen MR) is 60.7 cm³/mol. The molecule has 0 radical (unpaired) electrons. The van der Waals surface area contributed by atoms with Crippen LogP contribution in [0.4, 0.5) is 0 Å². The number of thioether (sulfide) groups is 1. The summed E-state index contributed by atoms with van der Waals surface area (Å²) in [6, 6.07) is 2.87. The molecule has 90 valence electrons. The van der Waals surface area contributed by atoms with Crippen molar-refractivity contribution >= 4 is 21.8 Å². The molecule has 0 atom stereocenters. The van der Waals surface area contributed by atoms with E-state index in [1.807, 2.05) is 0 Å². The number of aliphatic hydroxyl groups is 1. The van der Waals surface area contributed by atoms with Crippen molar-refractivity contribution in [1.82, 2.24) is 4.31 Å². The summed E-state index contributed by atoms with van der Waals surface area (Å²) in [4.78, 5) is 0. The van der Waals surface area contributed by atoms with Crippen molar-refractivity contribution in [1.29, 1.82) is 0 Å². The van der Waals surface area contributed by atoms with Crippen LogP contribution < -0.4 is 0 Å². The van der Waals surface area contributed by atoms with Crippen LogP contribution in [-0.4, -0.2) is 42.4 Å². The van der Waals surface area contributed by atoms with Crippen molar-refractivity contribution in [3.63, 3.8) is 0 Å². The molecule has 2 rings (SSSR count). The molecule has 0 unspecified atom stereocenters. The Morgan fingerprint density at radius 1 is 1.38 bits per heavy atom. The molecule has 1 fully saturated rings. The number of rotatable bonds is 3. The molecule has 1 aliphatic rings. The molecule has 0 bridgehead atoms. The summed E-state index contributed by atoms with van der Waals surface area (Å²) < 4.78 is 30.6. The van der Waals surface area contributed by atoms with E-state index in [2.05, 4.69) is 0 Å². The summed E-state index contributed by atoms with van der Waals surface area (Å²) in [6.07, 6.45) is 0. The van der Waals surface area contributed by atoms with E-state index in [1.54, 1.807) is 11.8 Å². The lowest BCUT2D eigenvalue weighted by atomic mass is 10.5. The quantitative estimate of drug-likeness (QED) is 0.860. The van der Waals surface area contributed by atoms with Crippen LogP contribution in [0, 0.1) is 0 Å². The summed E-state index contributed by atoms with van der Waals surface area (Å²) in [5, 5.41) is 8.74. The van der Waals surface area contributed by atoms with Gasteiger partial charge in [-0.2, -0.15) is 16.1 Å². The second kappa shape index (κ2) is 4.79. The molecule has 0 amide bonds. The molecule has 2 heterocycles. The normalized spacial score (nSPS) is 18.8. The highest BCUT2D eigenvalue weighted by Crippen LogP contribution is 2.21. The Hall–Kier alpha value is -0.500. The number of hydrogen-bond acceptors (Lipinski definition) is 5. The second-order valence-corrected chi connectivity index (χ2v) is 6.49. The fraction of sp³-hybridized carbons (Fsp3) is 0.556. The topological polar surface area (TPSA) is 70.8 Å². The fourth-order valence-electron chi connectivity index (χ4n) is 1.50. The smallest absolute Gasteiger partial charge is 0.276 e. The number of furan rings is 1. The van der Waals surface area contributed by atoms with E-state index in [1.165, 1.54) is 16.4 Å². The van der Waals surface area contributed by atoms with Gasteiger partial charge in [-0.1, -0.05) is 0 Å². The first kappa shape index (κ1) is 12.0. The summed E-state index contributed by atoms with van der Waals surface area (Å²) in [5.41, 5.74) is 0. The van der Waals surface area contributed by atoms with Gasteiger partial charge < -0.3 is 9.52 Å². The number of sulfonamides is 1. The SMILES string of the molecule is O=S(=O)(c1ccc(CO)o1)N1CCSCC1. The third kappa shape index (κ3) is 2.27. The zero-order chi connectivity index (χ0) is 11.6. The van der Waals surface area contributed by atoms with Gasteiger partial charge in [0, 0.05) is 24.6 Å². The van der Waals surface area contributed by atoms with Gasteiger partial charge in [-0.05, 0) is 12.1 Å². The number of aliphatic hydroxyl groups excluding tert-OH is 1. The van der Waals surface area contributed by atoms with Crippen molar-refractivity contribution < 1.29 is 17.9 Å². The Kier molecular flexibility index (Phi) is 3.58. The summed E-state index contributed by atoms with van der Waals surface area (Å²) in [7, 11) is -3.51. The molecule has 7 heteroatoms. The summed E-state index contributed by atoms with van der Waals surface area (Å²) >= 11 is 1.74. The molecule has 1 aliphatic heterocycles. The zero-order valence-electron chi connectivity index (χ0n) is 8.63. The van der Waals surface area contributed by atoms with Crippen LogP contribution >= 0.6 is 11.8 Å². The van der Waals surface area contributed by atoms with Gasteiger partial charge in [0.1, 0.15) is 12.4 Å². The van der Waals surface area contributed by atoms with Crippen molar-refractivity contribution in [3.05, 3.63) is 17.9 Å². The van der Waals surface area contributed by atoms with E-state index in [0.29, 0.717) is 13.1 Å². The van der Waals surface area contributed by atoms with E-state index in [9.17, 15) is 8.42 Å². The van der Waals surface area contributed by atoms with Crippen molar-refractivity contribution in [2.45, 2.75) is 11.7 Å². The van der Waals surface area contributed by atoms with Crippen LogP contribution in [0.25, 0.3) is 0 Å². The molecule has 1 N–H and O–H groups in total. The van der Waals surface area contributed by atoms with E-state index in [0.717, 1.165) is 11.5 Å². The van der Waals surface area contributed by atoms with Crippen LogP contribution in [0.5, 0.6) is 0 Å².